The van der Waals surface area contributed by atoms with Gasteiger partial charge in [0.25, 0.3) is 0 Å². The van der Waals surface area contributed by atoms with Gasteiger partial charge in [0.2, 0.25) is 5.91 Å². The molecule has 5 nitrogen and oxygen atoms in total. The topological polar surface area (TPSA) is 49.3 Å². The SMILES string of the molecule is CC(C)c1nccc(CN2CCC(=O)N(CC3CC3)[C@H](C(C)C)C2)n1. The number of hydrogen-bond donors (Lipinski definition) is 0. The fourth-order valence-electron chi connectivity index (χ4n) is 3.58. The molecule has 1 aromatic rings. The third-order valence-electron chi connectivity index (χ3n) is 5.36. The van der Waals surface area contributed by atoms with Crippen LogP contribution in [0.5, 0.6) is 0 Å². The van der Waals surface area contributed by atoms with Crippen LogP contribution >= 0.6 is 0 Å². The highest BCUT2D eigenvalue weighted by Gasteiger charge is 2.35. The van der Waals surface area contributed by atoms with Gasteiger partial charge < -0.3 is 4.90 Å². The van der Waals surface area contributed by atoms with Crippen LogP contribution in [0.2, 0.25) is 0 Å². The molecule has 0 spiro atoms. The molecule has 1 aliphatic carbocycles. The molecular weight excluding hydrogens is 312 g/mol. The molecule has 0 aromatic carbocycles. The van der Waals surface area contributed by atoms with Gasteiger partial charge in [-0.05, 0) is 30.7 Å². The van der Waals surface area contributed by atoms with Crippen LogP contribution in [0.25, 0.3) is 0 Å². The number of carbonyl (C=O) groups excluding carboxylic acids is 1. The lowest BCUT2D eigenvalue weighted by Gasteiger charge is -2.34. The van der Waals surface area contributed by atoms with Gasteiger partial charge >= 0.3 is 0 Å². The van der Waals surface area contributed by atoms with Crippen LogP contribution in [-0.2, 0) is 11.3 Å². The van der Waals surface area contributed by atoms with E-state index >= 15 is 0 Å². The first-order chi connectivity index (χ1) is 11.9. The summed E-state index contributed by atoms with van der Waals surface area (Å²) in [7, 11) is 0. The monoisotopic (exact) mass is 344 g/mol. The van der Waals surface area contributed by atoms with Crippen molar-refractivity contribution in [3.05, 3.63) is 23.8 Å². The van der Waals surface area contributed by atoms with Gasteiger partial charge in [-0.25, -0.2) is 9.97 Å². The molecular formula is C20H32N4O. The van der Waals surface area contributed by atoms with Gasteiger partial charge in [0, 0.05) is 50.8 Å². The molecule has 0 bridgehead atoms. The fraction of sp³-hybridized carbons (Fsp3) is 0.750. The Morgan fingerprint density at radius 1 is 1.24 bits per heavy atom. The van der Waals surface area contributed by atoms with Crippen LogP contribution in [-0.4, -0.2) is 51.4 Å². The minimum atomic E-state index is 0.307. The molecule has 1 amide bonds. The van der Waals surface area contributed by atoms with Crippen LogP contribution in [0.3, 0.4) is 0 Å². The quantitative estimate of drug-likeness (QED) is 0.796. The summed E-state index contributed by atoms with van der Waals surface area (Å²) < 4.78 is 0. The predicted molar refractivity (Wildman–Crippen MR) is 99.1 cm³/mol. The Bertz CT molecular complexity index is 597. The lowest BCUT2D eigenvalue weighted by atomic mass is 10.0. The Kier molecular flexibility index (Phi) is 5.72. The number of hydrogen-bond acceptors (Lipinski definition) is 4. The number of rotatable bonds is 6. The summed E-state index contributed by atoms with van der Waals surface area (Å²) >= 11 is 0. The first kappa shape index (κ1) is 18.3. The van der Waals surface area contributed by atoms with Gasteiger partial charge in [-0.2, -0.15) is 0 Å². The highest BCUT2D eigenvalue weighted by molar-refractivity contribution is 5.77. The van der Waals surface area contributed by atoms with Crippen LogP contribution in [0.4, 0.5) is 0 Å². The molecule has 138 valence electrons. The van der Waals surface area contributed by atoms with Crippen LogP contribution in [0.15, 0.2) is 12.3 Å². The molecule has 1 atom stereocenters. The lowest BCUT2D eigenvalue weighted by Crippen LogP contribution is -2.47. The summed E-state index contributed by atoms with van der Waals surface area (Å²) in [4.78, 5) is 26.4. The summed E-state index contributed by atoms with van der Waals surface area (Å²) in [5.41, 5.74) is 1.06. The molecule has 25 heavy (non-hydrogen) atoms. The Morgan fingerprint density at radius 3 is 2.64 bits per heavy atom. The Hall–Kier alpha value is -1.49. The van der Waals surface area contributed by atoms with E-state index < -0.39 is 0 Å². The predicted octanol–water partition coefficient (Wildman–Crippen LogP) is 3.07. The molecule has 1 saturated carbocycles. The van der Waals surface area contributed by atoms with Crippen molar-refractivity contribution < 1.29 is 4.79 Å². The van der Waals surface area contributed by atoms with E-state index in [1.807, 2.05) is 12.3 Å². The maximum atomic E-state index is 12.7. The van der Waals surface area contributed by atoms with E-state index in [9.17, 15) is 4.79 Å². The minimum absolute atomic E-state index is 0.307. The van der Waals surface area contributed by atoms with E-state index in [1.165, 1.54) is 12.8 Å². The molecule has 5 heteroatoms. The van der Waals surface area contributed by atoms with Crippen LogP contribution in [0.1, 0.15) is 64.4 Å². The van der Waals surface area contributed by atoms with Gasteiger partial charge in [-0.15, -0.1) is 0 Å². The van der Waals surface area contributed by atoms with E-state index in [1.54, 1.807) is 0 Å². The third kappa shape index (κ3) is 4.78. The smallest absolute Gasteiger partial charge is 0.224 e. The van der Waals surface area contributed by atoms with Gasteiger partial charge in [-0.3, -0.25) is 9.69 Å². The summed E-state index contributed by atoms with van der Waals surface area (Å²) in [5, 5.41) is 0. The summed E-state index contributed by atoms with van der Waals surface area (Å²) in [5.74, 6) is 2.79. The van der Waals surface area contributed by atoms with Gasteiger partial charge in [0.05, 0.1) is 5.69 Å². The van der Waals surface area contributed by atoms with Crippen molar-refractivity contribution in [2.24, 2.45) is 11.8 Å². The largest absolute Gasteiger partial charge is 0.338 e. The minimum Gasteiger partial charge on any atom is -0.338 e. The number of aromatic nitrogens is 2. The summed E-state index contributed by atoms with van der Waals surface area (Å²) in [6.45, 7) is 12.2. The lowest BCUT2D eigenvalue weighted by molar-refractivity contribution is -0.133. The fourth-order valence-corrected chi connectivity index (χ4v) is 3.58. The maximum Gasteiger partial charge on any atom is 0.224 e. The summed E-state index contributed by atoms with van der Waals surface area (Å²) in [6.07, 6.45) is 5.06. The number of carbonyl (C=O) groups is 1. The first-order valence-corrected chi connectivity index (χ1v) is 9.77. The highest BCUT2D eigenvalue weighted by atomic mass is 16.2. The molecule has 2 heterocycles. The first-order valence-electron chi connectivity index (χ1n) is 9.77. The van der Waals surface area contributed by atoms with Crippen molar-refractivity contribution in [3.8, 4) is 0 Å². The zero-order chi connectivity index (χ0) is 18.0. The Labute approximate surface area is 151 Å². The van der Waals surface area contributed by atoms with E-state index in [4.69, 9.17) is 4.98 Å². The van der Waals surface area contributed by atoms with Crippen molar-refractivity contribution in [1.29, 1.82) is 0 Å². The average molecular weight is 345 g/mol. The molecule has 1 aromatic heterocycles. The second-order valence-corrected chi connectivity index (χ2v) is 8.35. The third-order valence-corrected chi connectivity index (χ3v) is 5.36. The standard InChI is InChI=1S/C20H32N4O/c1-14(2)18-13-23(10-8-19(25)24(18)11-16-5-6-16)12-17-7-9-21-20(22-17)15(3)4/h7,9,14-16,18H,5-6,8,10-13H2,1-4H3/t18-/m0/s1. The average Bonchev–Trinajstić information content (AvgIpc) is 3.39. The van der Waals surface area contributed by atoms with Crippen molar-refractivity contribution >= 4 is 5.91 Å². The molecule has 0 radical (unpaired) electrons. The van der Waals surface area contributed by atoms with Crippen molar-refractivity contribution in [1.82, 2.24) is 19.8 Å². The molecule has 1 saturated heterocycles. The molecule has 1 aliphatic heterocycles. The molecule has 2 aliphatic rings. The second kappa shape index (κ2) is 7.81. The van der Waals surface area contributed by atoms with E-state index in [-0.39, 0.29) is 0 Å². The zero-order valence-electron chi connectivity index (χ0n) is 16.1. The highest BCUT2D eigenvalue weighted by Crippen LogP contribution is 2.32. The van der Waals surface area contributed by atoms with Crippen molar-refractivity contribution in [3.63, 3.8) is 0 Å². The van der Waals surface area contributed by atoms with E-state index in [0.717, 1.165) is 43.6 Å². The summed E-state index contributed by atoms with van der Waals surface area (Å²) in [6, 6.07) is 2.31. The van der Waals surface area contributed by atoms with Crippen LogP contribution in [0, 0.1) is 11.8 Å². The number of nitrogens with zero attached hydrogens (tertiary/aromatic N) is 4. The molecule has 3 rings (SSSR count). The zero-order valence-corrected chi connectivity index (χ0v) is 16.1. The Balaban J connectivity index is 1.71. The molecule has 0 unspecified atom stereocenters. The van der Waals surface area contributed by atoms with Gasteiger partial charge in [-0.1, -0.05) is 27.7 Å². The van der Waals surface area contributed by atoms with Gasteiger partial charge in [0.15, 0.2) is 0 Å². The van der Waals surface area contributed by atoms with Crippen molar-refractivity contribution in [2.75, 3.05) is 19.6 Å². The van der Waals surface area contributed by atoms with E-state index in [2.05, 4.69) is 42.5 Å². The van der Waals surface area contributed by atoms with Crippen molar-refractivity contribution in [2.45, 2.75) is 65.5 Å². The normalized spacial score (nSPS) is 22.7. The molecule has 0 N–H and O–H groups in total. The second-order valence-electron chi connectivity index (χ2n) is 8.35. The molecule has 2 fully saturated rings. The van der Waals surface area contributed by atoms with Gasteiger partial charge in [0.1, 0.15) is 5.82 Å². The Morgan fingerprint density at radius 2 is 2.00 bits per heavy atom. The maximum absolute atomic E-state index is 12.7. The number of amides is 1. The van der Waals surface area contributed by atoms with E-state index in [0.29, 0.717) is 30.2 Å². The van der Waals surface area contributed by atoms with Crippen LogP contribution < -0.4 is 0 Å².